The number of rotatable bonds is 6. The third kappa shape index (κ3) is 5.60. The summed E-state index contributed by atoms with van der Waals surface area (Å²) in [5.41, 5.74) is 0. The van der Waals surface area contributed by atoms with Gasteiger partial charge in [0.05, 0.1) is 0 Å². The predicted molar refractivity (Wildman–Crippen MR) is 38.4 cm³/mol. The van der Waals surface area contributed by atoms with Crippen molar-refractivity contribution in [3.05, 3.63) is 10.1 Å². The Hall–Kier alpha value is -0.840. The highest BCUT2D eigenvalue weighted by Crippen LogP contribution is 2.00. The summed E-state index contributed by atoms with van der Waals surface area (Å²) in [6.45, 7) is 4.19. The third-order valence-electron chi connectivity index (χ3n) is 1.04. The molecule has 0 saturated heterocycles. The van der Waals surface area contributed by atoms with Crippen LogP contribution in [0.15, 0.2) is 0 Å². The highest BCUT2D eigenvalue weighted by molar-refractivity contribution is 4.35. The van der Waals surface area contributed by atoms with Crippen LogP contribution in [-0.2, 0) is 9.57 Å². The number of hydrogen-bond donors (Lipinski definition) is 0. The fourth-order valence-corrected chi connectivity index (χ4v) is 0.568. The van der Waals surface area contributed by atoms with Gasteiger partial charge in [0, 0.05) is 6.61 Å². The quantitative estimate of drug-likeness (QED) is 0.337. The van der Waals surface area contributed by atoms with Gasteiger partial charge in [0.25, 0.3) is 5.09 Å². The van der Waals surface area contributed by atoms with Gasteiger partial charge in [-0.15, -0.1) is 10.1 Å². The average Bonchev–Trinajstić information content (AvgIpc) is 1.97. The first kappa shape index (κ1) is 10.2. The molecule has 0 fully saturated rings. The fourth-order valence-electron chi connectivity index (χ4n) is 0.568. The Bertz CT molecular complexity index is 117. The molecule has 1 atom stereocenters. The maximum Gasteiger partial charge on any atom is 0.297 e. The molecule has 0 aromatic rings. The number of ether oxygens (including phenoxy) is 1. The Morgan fingerprint density at radius 1 is 1.55 bits per heavy atom. The highest BCUT2D eigenvalue weighted by Gasteiger charge is 2.09. The van der Waals surface area contributed by atoms with E-state index in [9.17, 15) is 10.1 Å². The van der Waals surface area contributed by atoms with E-state index >= 15 is 0 Å². The smallest absolute Gasteiger partial charge is 0.297 e. The maximum atomic E-state index is 9.84. The molecule has 0 saturated carbocycles. The molecule has 0 heterocycles. The van der Waals surface area contributed by atoms with E-state index in [4.69, 9.17) is 4.74 Å². The topological polar surface area (TPSA) is 61.6 Å². The van der Waals surface area contributed by atoms with Gasteiger partial charge in [-0.2, -0.15) is 0 Å². The minimum atomic E-state index is -0.830. The molecule has 5 heteroatoms. The first-order chi connectivity index (χ1) is 5.20. The van der Waals surface area contributed by atoms with E-state index in [0.717, 1.165) is 6.42 Å². The molecule has 0 aromatic carbocycles. The van der Waals surface area contributed by atoms with Gasteiger partial charge in [0.1, 0.15) is 0 Å². The molecule has 0 aliphatic heterocycles. The van der Waals surface area contributed by atoms with Crippen molar-refractivity contribution in [2.24, 2.45) is 0 Å². The molecule has 0 rings (SSSR count). The Morgan fingerprint density at radius 2 is 2.18 bits per heavy atom. The van der Waals surface area contributed by atoms with Crippen molar-refractivity contribution in [1.29, 1.82) is 0 Å². The first-order valence-electron chi connectivity index (χ1n) is 3.63. The van der Waals surface area contributed by atoms with Crippen molar-refractivity contribution in [1.82, 2.24) is 0 Å². The summed E-state index contributed by atoms with van der Waals surface area (Å²) in [6.07, 6.45) is 0.614. The van der Waals surface area contributed by atoms with Gasteiger partial charge in [-0.25, -0.2) is 0 Å². The Morgan fingerprint density at radius 3 is 2.55 bits per heavy atom. The molecule has 0 N–H and O–H groups in total. The van der Waals surface area contributed by atoms with Crippen LogP contribution in [0, 0.1) is 10.1 Å². The van der Waals surface area contributed by atoms with E-state index in [1.807, 2.05) is 6.92 Å². The van der Waals surface area contributed by atoms with Crippen molar-refractivity contribution in [2.75, 3.05) is 6.61 Å². The fraction of sp³-hybridized carbons (Fsp3) is 1.00. The van der Waals surface area contributed by atoms with Gasteiger partial charge >= 0.3 is 0 Å². The Kier molecular flexibility index (Phi) is 5.46. The second-order valence-corrected chi connectivity index (χ2v) is 2.04. The van der Waals surface area contributed by atoms with Crippen LogP contribution in [0.5, 0.6) is 0 Å². The summed E-state index contributed by atoms with van der Waals surface area (Å²) in [7, 11) is 0. The normalized spacial score (nSPS) is 12.5. The van der Waals surface area contributed by atoms with Gasteiger partial charge < -0.3 is 4.74 Å². The summed E-state index contributed by atoms with van der Waals surface area (Å²) in [4.78, 5) is 14.0. The van der Waals surface area contributed by atoms with Gasteiger partial charge in [-0.3, -0.25) is 4.84 Å². The van der Waals surface area contributed by atoms with Crippen LogP contribution < -0.4 is 0 Å². The van der Waals surface area contributed by atoms with E-state index in [1.54, 1.807) is 6.92 Å². The second kappa shape index (κ2) is 5.91. The summed E-state index contributed by atoms with van der Waals surface area (Å²) in [5, 5.41) is 9.01. The van der Waals surface area contributed by atoms with Crippen molar-refractivity contribution in [2.45, 2.75) is 33.0 Å². The maximum absolute atomic E-state index is 9.84. The minimum Gasteiger partial charge on any atom is -0.352 e. The Labute approximate surface area is 65.4 Å². The highest BCUT2D eigenvalue weighted by atomic mass is 17.0. The third-order valence-corrected chi connectivity index (χ3v) is 1.04. The molecule has 0 radical (unpaired) electrons. The van der Waals surface area contributed by atoms with Crippen molar-refractivity contribution in [3.63, 3.8) is 0 Å². The van der Waals surface area contributed by atoms with Crippen LogP contribution in [0.1, 0.15) is 26.7 Å². The Balaban J connectivity index is 3.49. The summed E-state index contributed by atoms with van der Waals surface area (Å²) in [6, 6.07) is 0. The lowest BCUT2D eigenvalue weighted by molar-refractivity contribution is -0.780. The van der Waals surface area contributed by atoms with E-state index in [1.165, 1.54) is 0 Å². The second-order valence-electron chi connectivity index (χ2n) is 2.04. The molecule has 66 valence electrons. The van der Waals surface area contributed by atoms with E-state index in [0.29, 0.717) is 13.0 Å². The molecular formula is C6H13NO4. The lowest BCUT2D eigenvalue weighted by atomic mass is 10.4. The standard InChI is InChI=1S/C6H13NO4/c1-3-5-10-6(4-2)11-7(8)9/h6H,3-5H2,1-2H3. The van der Waals surface area contributed by atoms with Crippen LogP contribution in [0.3, 0.4) is 0 Å². The first-order valence-corrected chi connectivity index (χ1v) is 3.63. The zero-order chi connectivity index (χ0) is 8.69. The van der Waals surface area contributed by atoms with Gasteiger partial charge in [-0.05, 0) is 12.8 Å². The monoisotopic (exact) mass is 163 g/mol. The van der Waals surface area contributed by atoms with Crippen LogP contribution >= 0.6 is 0 Å². The molecule has 0 spiro atoms. The number of hydrogen-bond acceptors (Lipinski definition) is 4. The van der Waals surface area contributed by atoms with Crippen LogP contribution in [0.2, 0.25) is 0 Å². The van der Waals surface area contributed by atoms with Gasteiger partial charge in [0.2, 0.25) is 6.29 Å². The van der Waals surface area contributed by atoms with Crippen LogP contribution in [0.25, 0.3) is 0 Å². The van der Waals surface area contributed by atoms with Crippen LogP contribution in [-0.4, -0.2) is 18.0 Å². The molecule has 0 bridgehead atoms. The number of nitrogens with zero attached hydrogens (tertiary/aromatic N) is 1. The predicted octanol–water partition coefficient (Wildman–Crippen LogP) is 1.36. The van der Waals surface area contributed by atoms with Crippen molar-refractivity contribution >= 4 is 0 Å². The molecule has 1 unspecified atom stereocenters. The molecule has 0 aliphatic carbocycles. The van der Waals surface area contributed by atoms with Gasteiger partial charge in [-0.1, -0.05) is 13.8 Å². The molecular weight excluding hydrogens is 150 g/mol. The minimum absolute atomic E-state index is 0.487. The molecule has 0 aliphatic rings. The van der Waals surface area contributed by atoms with Crippen molar-refractivity contribution < 1.29 is 14.7 Å². The largest absolute Gasteiger partial charge is 0.352 e. The molecule has 0 aromatic heterocycles. The van der Waals surface area contributed by atoms with E-state index in [-0.39, 0.29) is 0 Å². The zero-order valence-electron chi connectivity index (χ0n) is 6.78. The molecule has 0 amide bonds. The summed E-state index contributed by atoms with van der Waals surface area (Å²) in [5.74, 6) is 0. The summed E-state index contributed by atoms with van der Waals surface area (Å²) < 4.78 is 4.99. The lowest BCUT2D eigenvalue weighted by Gasteiger charge is -2.12. The van der Waals surface area contributed by atoms with E-state index < -0.39 is 11.4 Å². The van der Waals surface area contributed by atoms with E-state index in [2.05, 4.69) is 4.84 Å². The van der Waals surface area contributed by atoms with Crippen molar-refractivity contribution in [3.8, 4) is 0 Å². The molecule has 5 nitrogen and oxygen atoms in total. The zero-order valence-corrected chi connectivity index (χ0v) is 6.78. The summed E-state index contributed by atoms with van der Waals surface area (Å²) >= 11 is 0. The SMILES string of the molecule is CCCOC(CC)O[N+](=O)[O-]. The molecule has 11 heavy (non-hydrogen) atoms. The lowest BCUT2D eigenvalue weighted by Crippen LogP contribution is -2.20. The van der Waals surface area contributed by atoms with Gasteiger partial charge in [0.15, 0.2) is 0 Å². The van der Waals surface area contributed by atoms with Crippen LogP contribution in [0.4, 0.5) is 0 Å². The average molecular weight is 163 g/mol.